The monoisotopic (exact) mass is 453 g/mol. The summed E-state index contributed by atoms with van der Waals surface area (Å²) < 4.78 is 16.2. The molecule has 1 aliphatic rings. The Kier molecular flexibility index (Phi) is 7.38. The summed E-state index contributed by atoms with van der Waals surface area (Å²) in [6, 6.07) is 12.1. The summed E-state index contributed by atoms with van der Waals surface area (Å²) >= 11 is 5.99. The van der Waals surface area contributed by atoms with Crippen LogP contribution in [-0.2, 0) is 14.3 Å². The van der Waals surface area contributed by atoms with Crippen molar-refractivity contribution >= 4 is 35.2 Å². The van der Waals surface area contributed by atoms with E-state index < -0.39 is 5.97 Å². The SMILES string of the molecule is C=CCOc1ccc(/C=C2\C(=O)N(c3ccc(Cl)cc3)C(C)=C2C(=O)OCC)cc1OC. The van der Waals surface area contributed by atoms with E-state index in [0.29, 0.717) is 40.1 Å². The van der Waals surface area contributed by atoms with Crippen molar-refractivity contribution < 1.29 is 23.8 Å². The molecule has 166 valence electrons. The summed E-state index contributed by atoms with van der Waals surface area (Å²) in [5, 5.41) is 0.550. The quantitative estimate of drug-likeness (QED) is 0.313. The van der Waals surface area contributed by atoms with Crippen molar-refractivity contribution in [3.63, 3.8) is 0 Å². The smallest absolute Gasteiger partial charge is 0.340 e. The van der Waals surface area contributed by atoms with Gasteiger partial charge in [0.25, 0.3) is 5.91 Å². The van der Waals surface area contributed by atoms with Gasteiger partial charge in [-0.05, 0) is 61.9 Å². The van der Waals surface area contributed by atoms with Gasteiger partial charge in [0.05, 0.1) is 24.9 Å². The third-order valence-electron chi connectivity index (χ3n) is 4.82. The van der Waals surface area contributed by atoms with Gasteiger partial charge in [0.15, 0.2) is 11.5 Å². The predicted octanol–water partition coefficient (Wildman–Crippen LogP) is 5.18. The lowest BCUT2D eigenvalue weighted by Gasteiger charge is -2.18. The zero-order chi connectivity index (χ0) is 23.3. The van der Waals surface area contributed by atoms with Crippen LogP contribution in [-0.4, -0.2) is 32.2 Å². The molecule has 1 amide bonds. The van der Waals surface area contributed by atoms with E-state index in [1.165, 1.54) is 12.0 Å². The van der Waals surface area contributed by atoms with E-state index in [0.717, 1.165) is 0 Å². The van der Waals surface area contributed by atoms with Crippen molar-refractivity contribution in [3.8, 4) is 11.5 Å². The Morgan fingerprint density at radius 1 is 1.16 bits per heavy atom. The molecule has 0 aromatic heterocycles. The first-order valence-corrected chi connectivity index (χ1v) is 10.4. The summed E-state index contributed by atoms with van der Waals surface area (Å²) in [6.07, 6.45) is 3.28. The number of allylic oxidation sites excluding steroid dienone is 1. The Labute approximate surface area is 192 Å². The first kappa shape index (κ1) is 23.2. The minimum atomic E-state index is -0.557. The van der Waals surface area contributed by atoms with E-state index in [-0.39, 0.29) is 23.7 Å². The summed E-state index contributed by atoms with van der Waals surface area (Å²) in [5.41, 5.74) is 2.21. The number of benzene rings is 2. The third-order valence-corrected chi connectivity index (χ3v) is 5.07. The fourth-order valence-corrected chi connectivity index (χ4v) is 3.52. The fourth-order valence-electron chi connectivity index (χ4n) is 3.39. The number of rotatable bonds is 8. The van der Waals surface area contributed by atoms with Crippen LogP contribution in [0.3, 0.4) is 0 Å². The number of carbonyl (C=O) groups is 2. The van der Waals surface area contributed by atoms with Crippen LogP contribution in [0.15, 0.2) is 72.0 Å². The molecule has 32 heavy (non-hydrogen) atoms. The van der Waals surface area contributed by atoms with Crippen LogP contribution in [0, 0.1) is 0 Å². The number of hydrogen-bond donors (Lipinski definition) is 0. The number of nitrogens with zero attached hydrogens (tertiary/aromatic N) is 1. The van der Waals surface area contributed by atoms with Crippen LogP contribution >= 0.6 is 11.6 Å². The molecule has 0 aliphatic carbocycles. The molecular formula is C25H24ClNO5. The second kappa shape index (κ2) is 10.2. The molecule has 7 heteroatoms. The van der Waals surface area contributed by atoms with Crippen LogP contribution in [0.25, 0.3) is 6.08 Å². The summed E-state index contributed by atoms with van der Waals surface area (Å²) in [6.45, 7) is 7.60. The van der Waals surface area contributed by atoms with Crippen molar-refractivity contribution in [1.29, 1.82) is 0 Å². The number of carbonyl (C=O) groups excluding carboxylic acids is 2. The minimum absolute atomic E-state index is 0.196. The maximum Gasteiger partial charge on any atom is 0.340 e. The van der Waals surface area contributed by atoms with Crippen molar-refractivity contribution in [3.05, 3.63) is 82.5 Å². The van der Waals surface area contributed by atoms with Gasteiger partial charge in [-0.2, -0.15) is 0 Å². The zero-order valence-electron chi connectivity index (χ0n) is 18.2. The van der Waals surface area contributed by atoms with Gasteiger partial charge in [0.1, 0.15) is 6.61 Å². The number of halogens is 1. The Morgan fingerprint density at radius 3 is 2.50 bits per heavy atom. The molecule has 0 fully saturated rings. The number of anilines is 1. The molecule has 0 bridgehead atoms. The molecule has 0 radical (unpaired) electrons. The summed E-state index contributed by atoms with van der Waals surface area (Å²) in [7, 11) is 1.53. The van der Waals surface area contributed by atoms with Gasteiger partial charge in [-0.1, -0.05) is 30.3 Å². The molecule has 2 aromatic carbocycles. The minimum Gasteiger partial charge on any atom is -0.493 e. The first-order valence-electron chi connectivity index (χ1n) is 10.0. The van der Waals surface area contributed by atoms with E-state index in [1.54, 1.807) is 68.5 Å². The largest absolute Gasteiger partial charge is 0.493 e. The lowest BCUT2D eigenvalue weighted by atomic mass is 10.0. The summed E-state index contributed by atoms with van der Waals surface area (Å²) in [4.78, 5) is 27.6. The average molecular weight is 454 g/mol. The maximum absolute atomic E-state index is 13.4. The molecule has 0 saturated heterocycles. The number of amides is 1. The normalized spacial score (nSPS) is 14.7. The second-order valence-corrected chi connectivity index (χ2v) is 7.30. The van der Waals surface area contributed by atoms with E-state index in [9.17, 15) is 9.59 Å². The molecule has 3 rings (SSSR count). The van der Waals surface area contributed by atoms with Crippen molar-refractivity contribution in [2.45, 2.75) is 13.8 Å². The highest BCUT2D eigenvalue weighted by Gasteiger charge is 2.38. The maximum atomic E-state index is 13.4. The fraction of sp³-hybridized carbons (Fsp3) is 0.200. The molecule has 1 heterocycles. The number of esters is 1. The Hall–Kier alpha value is -3.51. The predicted molar refractivity (Wildman–Crippen MR) is 125 cm³/mol. The average Bonchev–Trinajstić information content (AvgIpc) is 3.03. The highest BCUT2D eigenvalue weighted by atomic mass is 35.5. The van der Waals surface area contributed by atoms with Gasteiger partial charge in [0, 0.05) is 16.4 Å². The topological polar surface area (TPSA) is 65.1 Å². The van der Waals surface area contributed by atoms with Crippen LogP contribution in [0.1, 0.15) is 19.4 Å². The molecule has 6 nitrogen and oxygen atoms in total. The van der Waals surface area contributed by atoms with Gasteiger partial charge in [-0.25, -0.2) is 4.79 Å². The Bertz CT molecular complexity index is 1100. The second-order valence-electron chi connectivity index (χ2n) is 6.87. The molecule has 0 unspecified atom stereocenters. The van der Waals surface area contributed by atoms with Gasteiger partial charge in [0.2, 0.25) is 0 Å². The summed E-state index contributed by atoms with van der Waals surface area (Å²) in [5.74, 6) is 0.157. The first-order chi connectivity index (χ1) is 15.4. The van der Waals surface area contributed by atoms with Gasteiger partial charge < -0.3 is 14.2 Å². The molecule has 1 aliphatic heterocycles. The highest BCUT2D eigenvalue weighted by molar-refractivity contribution is 6.30. The molecule has 0 atom stereocenters. The molecule has 2 aromatic rings. The standard InChI is InChI=1S/C25H24ClNO5/c1-5-13-32-21-12-7-17(15-22(21)30-4)14-20-23(25(29)31-6-2)16(3)27(24(20)28)19-10-8-18(26)9-11-19/h5,7-12,14-15H,1,6,13H2,2-4H3/b20-14-. The van der Waals surface area contributed by atoms with Gasteiger partial charge in [-0.3, -0.25) is 9.69 Å². The molecular weight excluding hydrogens is 430 g/mol. The van der Waals surface area contributed by atoms with E-state index in [4.69, 9.17) is 25.8 Å². The number of ether oxygens (including phenoxy) is 3. The van der Waals surface area contributed by atoms with E-state index >= 15 is 0 Å². The lowest BCUT2D eigenvalue weighted by Crippen LogP contribution is -2.24. The zero-order valence-corrected chi connectivity index (χ0v) is 18.9. The molecule has 0 saturated carbocycles. The van der Waals surface area contributed by atoms with E-state index in [1.807, 2.05) is 0 Å². The number of methoxy groups -OCH3 is 1. The van der Waals surface area contributed by atoms with Crippen LogP contribution in [0.5, 0.6) is 11.5 Å². The van der Waals surface area contributed by atoms with Gasteiger partial charge in [-0.15, -0.1) is 0 Å². The third kappa shape index (κ3) is 4.70. The Morgan fingerprint density at radius 2 is 1.88 bits per heavy atom. The highest BCUT2D eigenvalue weighted by Crippen LogP contribution is 2.37. The molecule has 0 spiro atoms. The van der Waals surface area contributed by atoms with Crippen molar-refractivity contribution in [2.24, 2.45) is 0 Å². The van der Waals surface area contributed by atoms with Gasteiger partial charge >= 0.3 is 5.97 Å². The van der Waals surface area contributed by atoms with Crippen LogP contribution < -0.4 is 14.4 Å². The van der Waals surface area contributed by atoms with E-state index in [2.05, 4.69) is 6.58 Å². The van der Waals surface area contributed by atoms with Crippen LogP contribution in [0.2, 0.25) is 5.02 Å². The van der Waals surface area contributed by atoms with Crippen molar-refractivity contribution in [2.75, 3.05) is 25.2 Å². The number of hydrogen-bond acceptors (Lipinski definition) is 5. The lowest BCUT2D eigenvalue weighted by molar-refractivity contribution is -0.138. The van der Waals surface area contributed by atoms with Crippen LogP contribution in [0.4, 0.5) is 5.69 Å². The molecule has 0 N–H and O–H groups in total. The van der Waals surface area contributed by atoms with Crippen molar-refractivity contribution in [1.82, 2.24) is 0 Å². The Balaban J connectivity index is 2.08.